The van der Waals surface area contributed by atoms with E-state index >= 15 is 0 Å². The van der Waals surface area contributed by atoms with Crippen molar-refractivity contribution in [2.24, 2.45) is 0 Å². The van der Waals surface area contributed by atoms with Gasteiger partial charge in [-0.25, -0.2) is 0 Å². The molecule has 0 unspecified atom stereocenters. The molecule has 0 amide bonds. The molecule has 0 radical (unpaired) electrons. The largest absolute Gasteiger partial charge is 0.143 e. The van der Waals surface area contributed by atoms with E-state index in [2.05, 4.69) is 73.1 Å². The zero-order chi connectivity index (χ0) is 35.8. The van der Waals surface area contributed by atoms with E-state index in [9.17, 15) is 0 Å². The molecule has 0 nitrogen and oxygen atoms in total. The minimum Gasteiger partial charge on any atom is -0.143 e. The molecule has 52 heavy (non-hydrogen) atoms. The van der Waals surface area contributed by atoms with Crippen LogP contribution in [0.1, 0.15) is 153 Å². The lowest BCUT2D eigenvalue weighted by molar-refractivity contribution is 0.556. The molecule has 280 valence electrons. The van der Waals surface area contributed by atoms with Gasteiger partial charge in [0.05, 0.1) is 0 Å². The number of hydrogen-bond acceptors (Lipinski definition) is 6. The van der Waals surface area contributed by atoms with Crippen molar-refractivity contribution < 1.29 is 0 Å². The lowest BCUT2D eigenvalue weighted by atomic mass is 10.0. The quantitative estimate of drug-likeness (QED) is 0.0479. The van der Waals surface area contributed by atoms with E-state index in [4.69, 9.17) is 0 Å². The molecule has 6 aromatic heterocycles. The second-order valence-corrected chi connectivity index (χ2v) is 20.9. The van der Waals surface area contributed by atoms with Crippen molar-refractivity contribution in [2.45, 2.75) is 155 Å². The monoisotopic (exact) mass is 804 g/mol. The van der Waals surface area contributed by atoms with Crippen molar-refractivity contribution >= 4 is 77.4 Å². The molecule has 0 saturated carbocycles. The Morgan fingerprint density at radius 2 is 0.712 bits per heavy atom. The molecular formula is C46H60S6. The summed E-state index contributed by atoms with van der Waals surface area (Å²) in [7, 11) is 0. The third-order valence-electron chi connectivity index (χ3n) is 10.4. The summed E-state index contributed by atoms with van der Waals surface area (Å²) >= 11 is 11.8. The number of thiophene rings is 6. The highest BCUT2D eigenvalue weighted by atomic mass is 32.1. The minimum atomic E-state index is 1.20. The zero-order valence-corrected chi connectivity index (χ0v) is 36.7. The molecular weight excluding hydrogens is 745 g/mol. The smallest absolute Gasteiger partial charge is 0.0481 e. The molecule has 0 fully saturated rings. The van der Waals surface area contributed by atoms with Crippen LogP contribution in [0, 0.1) is 0 Å². The van der Waals surface area contributed by atoms with Crippen LogP contribution in [0.4, 0.5) is 0 Å². The first kappa shape index (κ1) is 40.1. The first-order valence-electron chi connectivity index (χ1n) is 20.6. The van der Waals surface area contributed by atoms with Gasteiger partial charge in [-0.15, -0.1) is 68.0 Å². The summed E-state index contributed by atoms with van der Waals surface area (Å²) in [6.45, 7) is 4.61. The summed E-state index contributed by atoms with van der Waals surface area (Å²) in [6, 6.07) is 19.1. The third-order valence-corrected chi connectivity index (χ3v) is 17.5. The lowest BCUT2D eigenvalue weighted by Crippen LogP contribution is -1.86. The van der Waals surface area contributed by atoms with E-state index in [1.54, 1.807) is 11.1 Å². The molecule has 0 bridgehead atoms. The maximum absolute atomic E-state index is 2.54. The molecule has 6 rings (SSSR count). The van der Waals surface area contributed by atoms with Crippen molar-refractivity contribution in [1.29, 1.82) is 0 Å². The van der Waals surface area contributed by atoms with Crippen LogP contribution in [0.2, 0.25) is 0 Å². The van der Waals surface area contributed by atoms with Gasteiger partial charge in [-0.2, -0.15) is 0 Å². The molecule has 0 N–H and O–H groups in total. The summed E-state index contributed by atoms with van der Waals surface area (Å²) in [4.78, 5) is 11.7. The number of fused-ring (bicyclic) bond motifs is 1. The van der Waals surface area contributed by atoms with Crippen LogP contribution in [0.25, 0.3) is 48.4 Å². The van der Waals surface area contributed by atoms with Gasteiger partial charge in [-0.05, 0) is 84.0 Å². The van der Waals surface area contributed by atoms with Crippen molar-refractivity contribution in [2.75, 3.05) is 0 Å². The fourth-order valence-electron chi connectivity index (χ4n) is 7.39. The molecule has 6 heterocycles. The molecule has 6 aromatic rings. The first-order valence-corrected chi connectivity index (χ1v) is 25.6. The van der Waals surface area contributed by atoms with Gasteiger partial charge in [0, 0.05) is 48.4 Å². The van der Waals surface area contributed by atoms with Gasteiger partial charge in [0.15, 0.2) is 0 Å². The van der Waals surface area contributed by atoms with E-state index in [1.807, 2.05) is 68.0 Å². The van der Waals surface area contributed by atoms with Crippen LogP contribution in [-0.4, -0.2) is 0 Å². The van der Waals surface area contributed by atoms with E-state index < -0.39 is 0 Å². The Bertz CT molecular complexity index is 1660. The first-order chi connectivity index (χ1) is 25.7. The van der Waals surface area contributed by atoms with E-state index in [0.29, 0.717) is 0 Å². The maximum atomic E-state index is 2.54. The van der Waals surface area contributed by atoms with Gasteiger partial charge < -0.3 is 0 Å². The Hall–Kier alpha value is -1.54. The van der Waals surface area contributed by atoms with Crippen LogP contribution in [0.15, 0.2) is 59.3 Å². The van der Waals surface area contributed by atoms with Crippen molar-refractivity contribution in [3.63, 3.8) is 0 Å². The van der Waals surface area contributed by atoms with E-state index in [1.165, 1.54) is 190 Å². The SMILES string of the molecule is CCCCCCCCCCCCc1cc(-c2cc3sc(-c4cc(CCCCCCCCCCCC)c(-c5cccs5)s4)cc3s2)sc1-c1cccs1. The Morgan fingerprint density at radius 1 is 0.365 bits per heavy atom. The number of aryl methyl sites for hydroxylation is 2. The highest BCUT2D eigenvalue weighted by molar-refractivity contribution is 7.34. The van der Waals surface area contributed by atoms with Crippen molar-refractivity contribution in [3.05, 3.63) is 70.4 Å². The van der Waals surface area contributed by atoms with Crippen molar-refractivity contribution in [3.8, 4) is 39.0 Å². The van der Waals surface area contributed by atoms with Gasteiger partial charge >= 0.3 is 0 Å². The van der Waals surface area contributed by atoms with Gasteiger partial charge in [-0.1, -0.05) is 142 Å². The normalized spacial score (nSPS) is 11.8. The van der Waals surface area contributed by atoms with Crippen LogP contribution >= 0.6 is 68.0 Å². The predicted molar refractivity (Wildman–Crippen MR) is 244 cm³/mol. The second kappa shape index (κ2) is 22.1. The number of rotatable bonds is 26. The summed E-state index contributed by atoms with van der Waals surface area (Å²) in [6.07, 6.45) is 30.3. The standard InChI is InChI=1S/C46H60S6/c1-3-5-7-9-11-13-15-17-19-21-25-35-31-39(51-45(35)37-27-23-29-47-37)41-33-43-44(49-41)34-42(50-43)40-32-36(46(52-40)38-28-24-30-48-38)26-22-20-18-16-14-12-10-8-6-4-2/h23-24,27-34H,3-22,25-26H2,1-2H3. The zero-order valence-electron chi connectivity index (χ0n) is 31.8. The molecule has 0 aliphatic heterocycles. The fourth-order valence-corrected chi connectivity index (χ4v) is 14.1. The maximum Gasteiger partial charge on any atom is 0.0481 e. The molecule has 0 spiro atoms. The fraction of sp³-hybridized carbons (Fsp3) is 0.522. The highest BCUT2D eigenvalue weighted by Gasteiger charge is 2.19. The van der Waals surface area contributed by atoms with Crippen LogP contribution in [0.3, 0.4) is 0 Å². The Balaban J connectivity index is 1.07. The van der Waals surface area contributed by atoms with E-state index in [0.717, 1.165) is 0 Å². The van der Waals surface area contributed by atoms with Crippen LogP contribution < -0.4 is 0 Å². The second-order valence-electron chi connectivity index (χ2n) is 14.7. The molecule has 0 aliphatic carbocycles. The lowest BCUT2D eigenvalue weighted by Gasteiger charge is -2.03. The van der Waals surface area contributed by atoms with Gasteiger partial charge in [0.25, 0.3) is 0 Å². The molecule has 0 atom stereocenters. The molecule has 0 aromatic carbocycles. The Labute approximate surface area is 339 Å². The third kappa shape index (κ3) is 11.7. The summed E-state index contributed by atoms with van der Waals surface area (Å²) in [5.41, 5.74) is 3.13. The average molecular weight is 805 g/mol. The van der Waals surface area contributed by atoms with Crippen LogP contribution in [0.5, 0.6) is 0 Å². The van der Waals surface area contributed by atoms with Crippen molar-refractivity contribution in [1.82, 2.24) is 0 Å². The summed E-state index contributed by atoms with van der Waals surface area (Å²) in [5, 5.41) is 4.47. The number of unbranched alkanes of at least 4 members (excludes halogenated alkanes) is 18. The molecule has 6 heteroatoms. The Morgan fingerprint density at radius 3 is 1.06 bits per heavy atom. The number of hydrogen-bond donors (Lipinski definition) is 0. The summed E-state index contributed by atoms with van der Waals surface area (Å²) < 4.78 is 2.89. The predicted octanol–water partition coefficient (Wildman–Crippen LogP) is 18.8. The van der Waals surface area contributed by atoms with Gasteiger partial charge in [0.1, 0.15) is 0 Å². The highest BCUT2D eigenvalue weighted by Crippen LogP contribution is 2.49. The minimum absolute atomic E-state index is 1.20. The van der Waals surface area contributed by atoms with Gasteiger partial charge in [0.2, 0.25) is 0 Å². The Kier molecular flexibility index (Phi) is 17.1. The topological polar surface area (TPSA) is 0 Å². The van der Waals surface area contributed by atoms with Gasteiger partial charge in [-0.3, -0.25) is 0 Å². The van der Waals surface area contributed by atoms with E-state index in [-0.39, 0.29) is 0 Å². The summed E-state index contributed by atoms with van der Waals surface area (Å²) in [5.74, 6) is 0. The molecule has 0 aliphatic rings. The van der Waals surface area contributed by atoms with Crippen LogP contribution in [-0.2, 0) is 12.8 Å². The molecule has 0 saturated heterocycles. The average Bonchev–Trinajstić information content (AvgIpc) is 3.99.